The number of nitrogens with one attached hydrogen (secondary N) is 1. The Bertz CT molecular complexity index is 538. The van der Waals surface area contributed by atoms with Gasteiger partial charge in [-0.25, -0.2) is 4.39 Å². The highest BCUT2D eigenvalue weighted by Crippen LogP contribution is 2.21. The number of nitrogens with zero attached hydrogens (tertiary/aromatic N) is 3. The largest absolute Gasteiger partial charge is 0.331 e. The fourth-order valence-corrected chi connectivity index (χ4v) is 1.97. The van der Waals surface area contributed by atoms with Gasteiger partial charge in [0.2, 0.25) is 0 Å². The van der Waals surface area contributed by atoms with Gasteiger partial charge in [-0.15, -0.1) is 0 Å². The number of amides is 1. The van der Waals surface area contributed by atoms with Gasteiger partial charge in [0.15, 0.2) is 5.69 Å². The molecule has 0 saturated heterocycles. The molecule has 0 bridgehead atoms. The molecule has 2 rings (SSSR count). The number of hydrogen-bond acceptors (Lipinski definition) is 3. The van der Waals surface area contributed by atoms with Crippen LogP contribution in [0, 0.1) is 5.82 Å². The van der Waals surface area contributed by atoms with E-state index in [0.29, 0.717) is 6.54 Å². The van der Waals surface area contributed by atoms with E-state index in [4.69, 9.17) is 0 Å². The summed E-state index contributed by atoms with van der Waals surface area (Å²) in [5, 5.41) is 9.84. The van der Waals surface area contributed by atoms with E-state index in [0.717, 1.165) is 5.56 Å². The molecule has 1 atom stereocenters. The van der Waals surface area contributed by atoms with Gasteiger partial charge in [0, 0.05) is 6.54 Å². The zero-order valence-electron chi connectivity index (χ0n) is 10.8. The SMILES string of the molecule is CCN(C(=O)c1cn[nH]n1)C(C)c1ccc(F)cc1. The molecule has 6 heteroatoms. The number of H-pyrrole nitrogens is 1. The standard InChI is InChI=1S/C13H15FN4O/c1-3-18(13(19)12-8-15-17-16-12)9(2)10-4-6-11(14)7-5-10/h4-9H,3H2,1-2H3,(H,15,16,17). The van der Waals surface area contributed by atoms with Gasteiger partial charge in [0.25, 0.3) is 5.91 Å². The molecule has 0 spiro atoms. The van der Waals surface area contributed by atoms with Crippen LogP contribution in [-0.2, 0) is 0 Å². The van der Waals surface area contributed by atoms with Crippen molar-refractivity contribution in [1.82, 2.24) is 20.3 Å². The van der Waals surface area contributed by atoms with E-state index < -0.39 is 0 Å². The molecule has 0 aliphatic rings. The molecule has 1 aromatic heterocycles. The summed E-state index contributed by atoms with van der Waals surface area (Å²) in [6, 6.07) is 5.98. The van der Waals surface area contributed by atoms with E-state index in [1.807, 2.05) is 13.8 Å². The van der Waals surface area contributed by atoms with Crippen molar-refractivity contribution in [3.05, 3.63) is 47.5 Å². The van der Waals surface area contributed by atoms with Crippen LogP contribution in [0.1, 0.15) is 35.9 Å². The van der Waals surface area contributed by atoms with Gasteiger partial charge in [-0.3, -0.25) is 4.79 Å². The quantitative estimate of drug-likeness (QED) is 0.918. The Labute approximate surface area is 110 Å². The highest BCUT2D eigenvalue weighted by Gasteiger charge is 2.22. The molecule has 1 heterocycles. The minimum Gasteiger partial charge on any atom is -0.331 e. The van der Waals surface area contributed by atoms with Crippen LogP contribution in [0.25, 0.3) is 0 Å². The lowest BCUT2D eigenvalue weighted by Crippen LogP contribution is -2.33. The van der Waals surface area contributed by atoms with E-state index in [9.17, 15) is 9.18 Å². The molecule has 0 aliphatic carbocycles. The monoisotopic (exact) mass is 262 g/mol. The summed E-state index contributed by atoms with van der Waals surface area (Å²) in [6.45, 7) is 4.32. The van der Waals surface area contributed by atoms with Crippen LogP contribution in [0.15, 0.2) is 30.5 Å². The van der Waals surface area contributed by atoms with E-state index in [-0.39, 0.29) is 23.5 Å². The second kappa shape index (κ2) is 5.60. The molecule has 1 amide bonds. The maximum atomic E-state index is 12.9. The molecule has 0 fully saturated rings. The summed E-state index contributed by atoms with van der Waals surface area (Å²) in [5.41, 5.74) is 1.15. The van der Waals surface area contributed by atoms with Crippen LogP contribution in [0.4, 0.5) is 4.39 Å². The van der Waals surface area contributed by atoms with Crippen molar-refractivity contribution >= 4 is 5.91 Å². The molecule has 19 heavy (non-hydrogen) atoms. The fraction of sp³-hybridized carbons (Fsp3) is 0.308. The Morgan fingerprint density at radius 2 is 2.11 bits per heavy atom. The maximum Gasteiger partial charge on any atom is 0.276 e. The third-order valence-electron chi connectivity index (χ3n) is 3.06. The zero-order chi connectivity index (χ0) is 13.8. The number of carbonyl (C=O) groups excluding carboxylic acids is 1. The third kappa shape index (κ3) is 2.78. The van der Waals surface area contributed by atoms with Gasteiger partial charge < -0.3 is 4.90 Å². The Kier molecular flexibility index (Phi) is 3.89. The van der Waals surface area contributed by atoms with Crippen LogP contribution >= 0.6 is 0 Å². The molecule has 2 aromatic rings. The van der Waals surface area contributed by atoms with Crippen LogP contribution in [-0.4, -0.2) is 32.8 Å². The highest BCUT2D eigenvalue weighted by atomic mass is 19.1. The van der Waals surface area contributed by atoms with Crippen molar-refractivity contribution in [1.29, 1.82) is 0 Å². The topological polar surface area (TPSA) is 61.9 Å². The minimum atomic E-state index is -0.290. The van der Waals surface area contributed by atoms with Gasteiger partial charge >= 0.3 is 0 Å². The molecule has 0 saturated carbocycles. The number of hydrogen-bond donors (Lipinski definition) is 1. The average molecular weight is 262 g/mol. The van der Waals surface area contributed by atoms with E-state index in [1.165, 1.54) is 18.3 Å². The zero-order valence-corrected chi connectivity index (χ0v) is 10.8. The van der Waals surface area contributed by atoms with Gasteiger partial charge in [-0.1, -0.05) is 12.1 Å². The van der Waals surface area contributed by atoms with Gasteiger partial charge in [-0.2, -0.15) is 15.4 Å². The number of benzene rings is 1. The molecule has 1 N–H and O–H groups in total. The number of aromatic nitrogens is 3. The molecule has 1 unspecified atom stereocenters. The van der Waals surface area contributed by atoms with Crippen molar-refractivity contribution in [3.63, 3.8) is 0 Å². The van der Waals surface area contributed by atoms with E-state index in [1.54, 1.807) is 17.0 Å². The van der Waals surface area contributed by atoms with Gasteiger partial charge in [0.1, 0.15) is 5.82 Å². The van der Waals surface area contributed by atoms with Gasteiger partial charge in [0.05, 0.1) is 12.2 Å². The molecular formula is C13H15FN4O. The highest BCUT2D eigenvalue weighted by molar-refractivity contribution is 5.92. The normalized spacial score (nSPS) is 12.2. The summed E-state index contributed by atoms with van der Waals surface area (Å²) in [5.74, 6) is -0.491. The minimum absolute atomic E-state index is 0.158. The smallest absolute Gasteiger partial charge is 0.276 e. The molecule has 0 radical (unpaired) electrons. The molecular weight excluding hydrogens is 247 g/mol. The summed E-state index contributed by atoms with van der Waals surface area (Å²) in [7, 11) is 0. The first-order valence-corrected chi connectivity index (χ1v) is 6.05. The number of halogens is 1. The van der Waals surface area contributed by atoms with Crippen LogP contribution < -0.4 is 0 Å². The van der Waals surface area contributed by atoms with E-state index in [2.05, 4.69) is 15.4 Å². The Morgan fingerprint density at radius 1 is 1.42 bits per heavy atom. The fourth-order valence-electron chi connectivity index (χ4n) is 1.97. The summed E-state index contributed by atoms with van der Waals surface area (Å²) in [4.78, 5) is 13.9. The second-order valence-electron chi connectivity index (χ2n) is 4.17. The van der Waals surface area contributed by atoms with Crippen molar-refractivity contribution in [2.24, 2.45) is 0 Å². The van der Waals surface area contributed by atoms with E-state index >= 15 is 0 Å². The molecule has 5 nitrogen and oxygen atoms in total. The second-order valence-corrected chi connectivity index (χ2v) is 4.17. The molecule has 100 valence electrons. The summed E-state index contributed by atoms with van der Waals surface area (Å²) < 4.78 is 12.9. The number of rotatable bonds is 4. The Morgan fingerprint density at radius 3 is 2.63 bits per heavy atom. The van der Waals surface area contributed by atoms with Crippen LogP contribution in [0.3, 0.4) is 0 Å². The van der Waals surface area contributed by atoms with Crippen molar-refractivity contribution in [3.8, 4) is 0 Å². The third-order valence-corrected chi connectivity index (χ3v) is 3.06. The first-order valence-electron chi connectivity index (χ1n) is 6.05. The predicted octanol–water partition coefficient (Wildman–Crippen LogP) is 2.17. The first-order chi connectivity index (χ1) is 9.13. The Hall–Kier alpha value is -2.24. The van der Waals surface area contributed by atoms with Crippen LogP contribution in [0.5, 0.6) is 0 Å². The lowest BCUT2D eigenvalue weighted by molar-refractivity contribution is 0.0696. The number of aromatic amines is 1. The molecule has 0 aliphatic heterocycles. The average Bonchev–Trinajstić information content (AvgIpc) is 2.94. The number of carbonyl (C=O) groups is 1. The van der Waals surface area contributed by atoms with Gasteiger partial charge in [-0.05, 0) is 31.5 Å². The predicted molar refractivity (Wildman–Crippen MR) is 67.9 cm³/mol. The van der Waals surface area contributed by atoms with Crippen molar-refractivity contribution in [2.45, 2.75) is 19.9 Å². The summed E-state index contributed by atoms with van der Waals surface area (Å²) >= 11 is 0. The lowest BCUT2D eigenvalue weighted by atomic mass is 10.1. The maximum absolute atomic E-state index is 12.9. The van der Waals surface area contributed by atoms with Crippen molar-refractivity contribution < 1.29 is 9.18 Å². The Balaban J connectivity index is 2.22. The molecule has 1 aromatic carbocycles. The lowest BCUT2D eigenvalue weighted by Gasteiger charge is -2.27. The first kappa shape index (κ1) is 13.2. The summed E-state index contributed by atoms with van der Waals surface area (Å²) in [6.07, 6.45) is 1.39. The van der Waals surface area contributed by atoms with Crippen LogP contribution in [0.2, 0.25) is 0 Å². The van der Waals surface area contributed by atoms with Crippen molar-refractivity contribution in [2.75, 3.05) is 6.54 Å².